The molecule has 98 valence electrons. The molecule has 0 saturated carbocycles. The van der Waals surface area contributed by atoms with Gasteiger partial charge in [-0.05, 0) is 32.5 Å². The highest BCUT2D eigenvalue weighted by Gasteiger charge is 2.27. The number of methoxy groups -OCH3 is 1. The van der Waals surface area contributed by atoms with E-state index in [1.807, 2.05) is 7.05 Å². The van der Waals surface area contributed by atoms with Gasteiger partial charge in [0.15, 0.2) is 0 Å². The summed E-state index contributed by atoms with van der Waals surface area (Å²) in [6, 6.07) is 0. The summed E-state index contributed by atoms with van der Waals surface area (Å²) in [6.07, 6.45) is 1.34. The predicted molar refractivity (Wildman–Crippen MR) is 71.4 cm³/mol. The maximum Gasteiger partial charge on any atom is 0.0525 e. The molecule has 1 aliphatic rings. The summed E-state index contributed by atoms with van der Waals surface area (Å²) in [7, 11) is 3.83. The summed E-state index contributed by atoms with van der Waals surface area (Å²) < 4.78 is 5.25. The molecule has 0 aliphatic carbocycles. The minimum absolute atomic E-state index is 0. The molecule has 1 aliphatic heterocycles. The van der Waals surface area contributed by atoms with Crippen LogP contribution in [0.3, 0.4) is 0 Å². The second kappa shape index (κ2) is 7.49. The van der Waals surface area contributed by atoms with Gasteiger partial charge in [0.25, 0.3) is 0 Å². The third-order valence-electron chi connectivity index (χ3n) is 3.05. The van der Waals surface area contributed by atoms with Crippen molar-refractivity contribution in [1.82, 2.24) is 10.2 Å². The van der Waals surface area contributed by atoms with Gasteiger partial charge >= 0.3 is 0 Å². The van der Waals surface area contributed by atoms with Crippen molar-refractivity contribution < 1.29 is 4.74 Å². The van der Waals surface area contributed by atoms with E-state index in [0.29, 0.717) is 0 Å². The smallest absolute Gasteiger partial charge is 0.0525 e. The van der Waals surface area contributed by atoms with Crippen molar-refractivity contribution in [2.45, 2.75) is 20.3 Å². The van der Waals surface area contributed by atoms with E-state index in [4.69, 9.17) is 4.74 Å². The lowest BCUT2D eigenvalue weighted by Crippen LogP contribution is -2.36. The van der Waals surface area contributed by atoms with E-state index in [-0.39, 0.29) is 17.8 Å². The van der Waals surface area contributed by atoms with Gasteiger partial charge in [-0.3, -0.25) is 0 Å². The molecular weight excluding hydrogens is 224 g/mol. The molecule has 1 fully saturated rings. The van der Waals surface area contributed by atoms with Crippen molar-refractivity contribution in [2.24, 2.45) is 11.3 Å². The average molecular weight is 251 g/mol. The van der Waals surface area contributed by atoms with Crippen molar-refractivity contribution in [3.8, 4) is 0 Å². The zero-order valence-electron chi connectivity index (χ0n) is 11.1. The number of nitrogens with zero attached hydrogens (tertiary/aromatic N) is 1. The molecule has 3 nitrogen and oxygen atoms in total. The van der Waals surface area contributed by atoms with Crippen LogP contribution in [-0.4, -0.2) is 51.8 Å². The summed E-state index contributed by atoms with van der Waals surface area (Å²) in [4.78, 5) is 2.57. The van der Waals surface area contributed by atoms with Crippen molar-refractivity contribution in [3.05, 3.63) is 0 Å². The van der Waals surface area contributed by atoms with E-state index >= 15 is 0 Å². The van der Waals surface area contributed by atoms with Crippen molar-refractivity contribution in [1.29, 1.82) is 0 Å². The van der Waals surface area contributed by atoms with Crippen LogP contribution < -0.4 is 5.32 Å². The van der Waals surface area contributed by atoms with Crippen LogP contribution in [0.15, 0.2) is 0 Å². The van der Waals surface area contributed by atoms with E-state index in [9.17, 15) is 0 Å². The molecule has 0 aromatic rings. The molecule has 16 heavy (non-hydrogen) atoms. The topological polar surface area (TPSA) is 24.5 Å². The molecule has 0 spiro atoms. The molecule has 1 atom stereocenters. The molecule has 1 unspecified atom stereocenters. The Morgan fingerprint density at radius 3 is 2.69 bits per heavy atom. The third-order valence-corrected chi connectivity index (χ3v) is 3.05. The van der Waals surface area contributed by atoms with Crippen molar-refractivity contribution in [3.63, 3.8) is 0 Å². The highest BCUT2D eigenvalue weighted by molar-refractivity contribution is 5.85. The van der Waals surface area contributed by atoms with Crippen LogP contribution in [0.5, 0.6) is 0 Å². The summed E-state index contributed by atoms with van der Waals surface area (Å²) in [6.45, 7) is 10.2. The Bertz CT molecular complexity index is 188. The fourth-order valence-corrected chi connectivity index (χ4v) is 2.55. The molecule has 0 amide bonds. The molecule has 1 saturated heterocycles. The van der Waals surface area contributed by atoms with Crippen LogP contribution >= 0.6 is 12.4 Å². The van der Waals surface area contributed by atoms with E-state index in [1.165, 1.54) is 19.5 Å². The van der Waals surface area contributed by atoms with Gasteiger partial charge in [-0.1, -0.05) is 13.8 Å². The third kappa shape index (κ3) is 5.48. The number of rotatable bonds is 6. The van der Waals surface area contributed by atoms with Crippen LogP contribution in [0.25, 0.3) is 0 Å². The minimum atomic E-state index is 0. The molecule has 1 N–H and O–H groups in total. The van der Waals surface area contributed by atoms with E-state index in [0.717, 1.165) is 25.6 Å². The molecular formula is C12H27ClN2O. The second-order valence-electron chi connectivity index (χ2n) is 5.54. The predicted octanol–water partition coefficient (Wildman–Crippen LogP) is 1.62. The number of likely N-dealkylation sites (tertiary alicyclic amines) is 1. The van der Waals surface area contributed by atoms with Gasteiger partial charge < -0.3 is 15.0 Å². The minimum Gasteiger partial charge on any atom is -0.384 e. The quantitative estimate of drug-likeness (QED) is 0.776. The molecule has 0 aromatic heterocycles. The summed E-state index contributed by atoms with van der Waals surface area (Å²) in [5, 5.41) is 3.27. The van der Waals surface area contributed by atoms with Gasteiger partial charge in [0, 0.05) is 25.6 Å². The van der Waals surface area contributed by atoms with Crippen LogP contribution in [0, 0.1) is 11.3 Å². The fraction of sp³-hybridized carbons (Fsp3) is 1.00. The first-order valence-electron chi connectivity index (χ1n) is 5.93. The highest BCUT2D eigenvalue weighted by atomic mass is 35.5. The SMILES string of the molecule is CNCC1CCN(CC(C)(C)COC)C1.Cl. The van der Waals surface area contributed by atoms with Crippen LogP contribution in [0.4, 0.5) is 0 Å². The lowest BCUT2D eigenvalue weighted by Gasteiger charge is -2.29. The molecule has 1 rings (SSSR count). The van der Waals surface area contributed by atoms with Crippen LogP contribution in [0.2, 0.25) is 0 Å². The molecule has 4 heteroatoms. The number of nitrogens with one attached hydrogen (secondary N) is 1. The highest BCUT2D eigenvalue weighted by Crippen LogP contribution is 2.22. The Hall–Kier alpha value is 0.170. The van der Waals surface area contributed by atoms with Gasteiger partial charge in [-0.2, -0.15) is 0 Å². The van der Waals surface area contributed by atoms with E-state index in [1.54, 1.807) is 7.11 Å². The van der Waals surface area contributed by atoms with Crippen LogP contribution in [-0.2, 0) is 4.74 Å². The van der Waals surface area contributed by atoms with Crippen LogP contribution in [0.1, 0.15) is 20.3 Å². The average Bonchev–Trinajstić information content (AvgIpc) is 2.52. The Balaban J connectivity index is 0.00000225. The molecule has 0 bridgehead atoms. The van der Waals surface area contributed by atoms with Crippen molar-refractivity contribution >= 4 is 12.4 Å². The van der Waals surface area contributed by atoms with E-state index in [2.05, 4.69) is 24.1 Å². The monoisotopic (exact) mass is 250 g/mol. The van der Waals surface area contributed by atoms with Gasteiger partial charge in [-0.15, -0.1) is 12.4 Å². The van der Waals surface area contributed by atoms with E-state index < -0.39 is 0 Å². The van der Waals surface area contributed by atoms with Gasteiger partial charge in [0.05, 0.1) is 6.61 Å². The Morgan fingerprint density at radius 2 is 2.12 bits per heavy atom. The number of hydrogen-bond donors (Lipinski definition) is 1. The first-order valence-corrected chi connectivity index (χ1v) is 5.93. The Morgan fingerprint density at radius 1 is 1.44 bits per heavy atom. The molecule has 0 radical (unpaired) electrons. The zero-order valence-corrected chi connectivity index (χ0v) is 11.9. The molecule has 1 heterocycles. The summed E-state index contributed by atoms with van der Waals surface area (Å²) in [5.74, 6) is 0.841. The molecule has 0 aromatic carbocycles. The fourth-order valence-electron chi connectivity index (χ4n) is 2.55. The first-order chi connectivity index (χ1) is 7.07. The zero-order chi connectivity index (χ0) is 11.3. The number of hydrogen-bond acceptors (Lipinski definition) is 3. The largest absolute Gasteiger partial charge is 0.384 e. The van der Waals surface area contributed by atoms with Gasteiger partial charge in [0.2, 0.25) is 0 Å². The second-order valence-corrected chi connectivity index (χ2v) is 5.54. The number of halogens is 1. The van der Waals surface area contributed by atoms with Gasteiger partial charge in [-0.25, -0.2) is 0 Å². The maximum atomic E-state index is 5.25. The first kappa shape index (κ1) is 16.2. The Labute approximate surface area is 106 Å². The normalized spacial score (nSPS) is 22.1. The summed E-state index contributed by atoms with van der Waals surface area (Å²) in [5.41, 5.74) is 0.281. The van der Waals surface area contributed by atoms with Gasteiger partial charge in [0.1, 0.15) is 0 Å². The lowest BCUT2D eigenvalue weighted by molar-refractivity contribution is 0.0758. The standard InChI is InChI=1S/C12H26N2O.ClH/c1-12(2,10-15-4)9-14-6-5-11(8-14)7-13-3;/h11,13H,5-10H2,1-4H3;1H. The Kier molecular flexibility index (Phi) is 7.57. The maximum absolute atomic E-state index is 5.25. The lowest BCUT2D eigenvalue weighted by atomic mass is 9.94. The van der Waals surface area contributed by atoms with Crippen molar-refractivity contribution in [2.75, 3.05) is 46.9 Å². The summed E-state index contributed by atoms with van der Waals surface area (Å²) >= 11 is 0. The number of ether oxygens (including phenoxy) is 1.